The molecule has 0 saturated carbocycles. The molecule has 1 aromatic rings. The van der Waals surface area contributed by atoms with E-state index in [0.717, 1.165) is 0 Å². The summed E-state index contributed by atoms with van der Waals surface area (Å²) in [7, 11) is 0. The highest BCUT2D eigenvalue weighted by Gasteiger charge is 2.18. The molecule has 100 valence electrons. The number of carbonyl (C=O) groups excluding carboxylic acids is 1. The Morgan fingerprint density at radius 1 is 1.33 bits per heavy atom. The van der Waals surface area contributed by atoms with Crippen LogP contribution in [-0.4, -0.2) is 30.1 Å². The lowest BCUT2D eigenvalue weighted by atomic mass is 10.1. The van der Waals surface area contributed by atoms with Gasteiger partial charge in [0.15, 0.2) is 0 Å². The summed E-state index contributed by atoms with van der Waals surface area (Å²) in [6.45, 7) is -0.515. The molecule has 1 amide bonds. The predicted octanol–water partition coefficient (Wildman–Crippen LogP) is 2.28. The third-order valence-corrected chi connectivity index (χ3v) is 2.91. The SMILES string of the molecule is O=C(Cc1c(Cl)cccc1Cl)NCC(O)C(F)F. The summed E-state index contributed by atoms with van der Waals surface area (Å²) < 4.78 is 24.0. The Morgan fingerprint density at radius 2 is 1.89 bits per heavy atom. The molecule has 0 spiro atoms. The Morgan fingerprint density at radius 3 is 2.39 bits per heavy atom. The summed E-state index contributed by atoms with van der Waals surface area (Å²) in [5, 5.41) is 11.7. The molecule has 0 heterocycles. The van der Waals surface area contributed by atoms with Gasteiger partial charge in [0, 0.05) is 16.6 Å². The quantitative estimate of drug-likeness (QED) is 0.876. The van der Waals surface area contributed by atoms with E-state index in [4.69, 9.17) is 28.3 Å². The van der Waals surface area contributed by atoms with Crippen LogP contribution in [0.25, 0.3) is 0 Å². The highest BCUT2D eigenvalue weighted by molar-refractivity contribution is 6.36. The lowest BCUT2D eigenvalue weighted by Gasteiger charge is -2.11. The minimum atomic E-state index is -2.89. The fourth-order valence-electron chi connectivity index (χ4n) is 1.23. The van der Waals surface area contributed by atoms with Crippen molar-refractivity contribution in [2.75, 3.05) is 6.54 Å². The number of aliphatic hydroxyl groups excluding tert-OH is 1. The number of aliphatic hydroxyl groups is 1. The largest absolute Gasteiger partial charge is 0.385 e. The summed E-state index contributed by atoms with van der Waals surface area (Å²) in [5.41, 5.74) is 0.421. The van der Waals surface area contributed by atoms with Crippen molar-refractivity contribution in [3.63, 3.8) is 0 Å². The number of halogens is 4. The molecular weight excluding hydrogens is 287 g/mol. The lowest BCUT2D eigenvalue weighted by Crippen LogP contribution is -2.36. The van der Waals surface area contributed by atoms with Crippen molar-refractivity contribution in [2.24, 2.45) is 0 Å². The van der Waals surface area contributed by atoms with Gasteiger partial charge in [-0.15, -0.1) is 0 Å². The normalized spacial score (nSPS) is 12.6. The Balaban J connectivity index is 2.55. The van der Waals surface area contributed by atoms with E-state index >= 15 is 0 Å². The average molecular weight is 298 g/mol. The van der Waals surface area contributed by atoms with Gasteiger partial charge in [0.2, 0.25) is 5.91 Å². The topological polar surface area (TPSA) is 49.3 Å². The van der Waals surface area contributed by atoms with Crippen molar-refractivity contribution in [1.82, 2.24) is 5.32 Å². The number of hydrogen-bond acceptors (Lipinski definition) is 2. The second-order valence-electron chi connectivity index (χ2n) is 3.58. The van der Waals surface area contributed by atoms with Gasteiger partial charge in [0.1, 0.15) is 6.10 Å². The van der Waals surface area contributed by atoms with E-state index in [1.807, 2.05) is 0 Å². The maximum atomic E-state index is 12.0. The first-order chi connectivity index (χ1) is 8.41. The van der Waals surface area contributed by atoms with Crippen LogP contribution in [0.5, 0.6) is 0 Å². The van der Waals surface area contributed by atoms with Gasteiger partial charge in [0.25, 0.3) is 6.43 Å². The molecule has 18 heavy (non-hydrogen) atoms. The van der Waals surface area contributed by atoms with Crippen LogP contribution in [-0.2, 0) is 11.2 Å². The Hall–Kier alpha value is -0.910. The second kappa shape index (κ2) is 6.87. The van der Waals surface area contributed by atoms with Crippen molar-refractivity contribution in [2.45, 2.75) is 19.0 Å². The zero-order valence-corrected chi connectivity index (χ0v) is 10.7. The van der Waals surface area contributed by atoms with Gasteiger partial charge in [-0.1, -0.05) is 29.3 Å². The van der Waals surface area contributed by atoms with E-state index in [9.17, 15) is 13.6 Å². The molecule has 1 rings (SSSR count). The smallest absolute Gasteiger partial charge is 0.265 e. The lowest BCUT2D eigenvalue weighted by molar-refractivity contribution is -0.121. The summed E-state index contributed by atoms with van der Waals surface area (Å²) in [5.74, 6) is -0.537. The number of carbonyl (C=O) groups is 1. The van der Waals surface area contributed by atoms with Crippen molar-refractivity contribution < 1.29 is 18.7 Å². The molecule has 0 aromatic heterocycles. The Bertz CT molecular complexity index is 409. The van der Waals surface area contributed by atoms with Gasteiger partial charge < -0.3 is 10.4 Å². The average Bonchev–Trinajstić information content (AvgIpc) is 2.30. The van der Waals surface area contributed by atoms with Crippen molar-refractivity contribution in [3.8, 4) is 0 Å². The molecule has 2 N–H and O–H groups in total. The minimum Gasteiger partial charge on any atom is -0.385 e. The molecule has 0 bridgehead atoms. The van der Waals surface area contributed by atoms with Crippen LogP contribution < -0.4 is 5.32 Å². The summed E-state index contributed by atoms with van der Waals surface area (Å²) in [6, 6.07) is 4.78. The molecule has 0 aliphatic heterocycles. The molecule has 1 atom stereocenters. The van der Waals surface area contributed by atoms with E-state index in [1.54, 1.807) is 18.2 Å². The zero-order chi connectivity index (χ0) is 13.7. The van der Waals surface area contributed by atoms with Gasteiger partial charge in [-0.2, -0.15) is 0 Å². The van der Waals surface area contributed by atoms with Crippen LogP contribution in [0.4, 0.5) is 8.78 Å². The van der Waals surface area contributed by atoms with Crippen LogP contribution in [0, 0.1) is 0 Å². The molecule has 7 heteroatoms. The summed E-state index contributed by atoms with van der Waals surface area (Å²) in [6.07, 6.45) is -4.90. The number of rotatable bonds is 5. The van der Waals surface area contributed by atoms with Gasteiger partial charge in [-0.25, -0.2) is 8.78 Å². The van der Waals surface area contributed by atoms with Crippen molar-refractivity contribution in [3.05, 3.63) is 33.8 Å². The molecule has 1 unspecified atom stereocenters. The number of nitrogens with one attached hydrogen (secondary N) is 1. The first-order valence-corrected chi connectivity index (χ1v) is 5.83. The Labute approximate surface area is 113 Å². The molecule has 3 nitrogen and oxygen atoms in total. The predicted molar refractivity (Wildman–Crippen MR) is 65.2 cm³/mol. The van der Waals surface area contributed by atoms with Crippen LogP contribution >= 0.6 is 23.2 Å². The zero-order valence-electron chi connectivity index (χ0n) is 9.17. The van der Waals surface area contributed by atoms with Gasteiger partial charge in [-0.3, -0.25) is 4.79 Å². The third kappa shape index (κ3) is 4.40. The summed E-state index contributed by atoms with van der Waals surface area (Å²) >= 11 is 11.7. The van der Waals surface area contributed by atoms with Crippen LogP contribution in [0.3, 0.4) is 0 Å². The fraction of sp³-hybridized carbons (Fsp3) is 0.364. The highest BCUT2D eigenvalue weighted by atomic mass is 35.5. The molecular formula is C11H11Cl2F2NO2. The first kappa shape index (κ1) is 15.1. The van der Waals surface area contributed by atoms with Crippen LogP contribution in [0.2, 0.25) is 10.0 Å². The third-order valence-electron chi connectivity index (χ3n) is 2.20. The first-order valence-electron chi connectivity index (χ1n) is 5.07. The number of hydrogen-bond donors (Lipinski definition) is 2. The number of amides is 1. The fourth-order valence-corrected chi connectivity index (χ4v) is 1.76. The van der Waals surface area contributed by atoms with E-state index in [-0.39, 0.29) is 6.42 Å². The maximum Gasteiger partial charge on any atom is 0.265 e. The molecule has 1 aromatic carbocycles. The van der Waals surface area contributed by atoms with Crippen molar-refractivity contribution >= 4 is 29.1 Å². The minimum absolute atomic E-state index is 0.130. The maximum absolute atomic E-state index is 12.0. The van der Waals surface area contributed by atoms with E-state index < -0.39 is 25.0 Å². The molecule has 0 aliphatic rings. The van der Waals surface area contributed by atoms with E-state index in [0.29, 0.717) is 15.6 Å². The van der Waals surface area contributed by atoms with Crippen LogP contribution in [0.1, 0.15) is 5.56 Å². The van der Waals surface area contributed by atoms with Gasteiger partial charge in [-0.05, 0) is 17.7 Å². The van der Waals surface area contributed by atoms with Gasteiger partial charge in [0.05, 0.1) is 6.42 Å². The van der Waals surface area contributed by atoms with Crippen LogP contribution in [0.15, 0.2) is 18.2 Å². The number of alkyl halides is 2. The van der Waals surface area contributed by atoms with Crippen molar-refractivity contribution in [1.29, 1.82) is 0 Å². The summed E-state index contributed by atoms with van der Waals surface area (Å²) in [4.78, 5) is 11.5. The second-order valence-corrected chi connectivity index (χ2v) is 4.40. The number of benzene rings is 1. The standard InChI is InChI=1S/C11H11Cl2F2NO2/c12-7-2-1-3-8(13)6(7)4-10(18)16-5-9(17)11(14)15/h1-3,9,11,17H,4-5H2,(H,16,18). The molecule has 0 radical (unpaired) electrons. The Kier molecular flexibility index (Phi) is 5.78. The van der Waals surface area contributed by atoms with E-state index in [2.05, 4.69) is 5.32 Å². The molecule has 0 aliphatic carbocycles. The molecule has 0 fully saturated rings. The van der Waals surface area contributed by atoms with E-state index in [1.165, 1.54) is 0 Å². The highest BCUT2D eigenvalue weighted by Crippen LogP contribution is 2.24. The molecule has 0 saturated heterocycles. The van der Waals surface area contributed by atoms with Gasteiger partial charge >= 0.3 is 0 Å². The monoisotopic (exact) mass is 297 g/mol.